The Bertz CT molecular complexity index is 566. The lowest BCUT2D eigenvalue weighted by Gasteiger charge is -2.13. The Balaban J connectivity index is 2.14. The van der Waals surface area contributed by atoms with Crippen LogP contribution in [0.3, 0.4) is 0 Å². The molecule has 1 N–H and O–H groups in total. The number of para-hydroxylation sites is 1. The van der Waals surface area contributed by atoms with Gasteiger partial charge >= 0.3 is 0 Å². The van der Waals surface area contributed by atoms with Crippen molar-refractivity contribution in [2.24, 2.45) is 0 Å². The Morgan fingerprint density at radius 3 is 2.35 bits per heavy atom. The third kappa shape index (κ3) is 3.22. The maximum Gasteiger partial charge on any atom is 0.161 e. The molecule has 0 amide bonds. The second-order valence-electron chi connectivity index (χ2n) is 4.24. The lowest BCUT2D eigenvalue weighted by Crippen LogP contribution is -2.00. The van der Waals surface area contributed by atoms with Crippen LogP contribution in [0.5, 0.6) is 17.2 Å². The van der Waals surface area contributed by atoms with Gasteiger partial charge in [-0.1, -0.05) is 24.3 Å². The molecule has 0 heterocycles. The van der Waals surface area contributed by atoms with Gasteiger partial charge in [0.25, 0.3) is 0 Å². The van der Waals surface area contributed by atoms with E-state index in [0.717, 1.165) is 16.9 Å². The maximum absolute atomic E-state index is 9.11. The first-order valence-corrected chi connectivity index (χ1v) is 6.31. The van der Waals surface area contributed by atoms with Crippen molar-refractivity contribution in [2.75, 3.05) is 14.2 Å². The summed E-state index contributed by atoms with van der Waals surface area (Å²) in [6.07, 6.45) is 0. The molecule has 0 radical (unpaired) electrons. The summed E-state index contributed by atoms with van der Waals surface area (Å²) in [6, 6.07) is 13.1. The molecule has 2 aromatic carbocycles. The van der Waals surface area contributed by atoms with Crippen LogP contribution in [-0.2, 0) is 13.2 Å². The molecule has 20 heavy (non-hydrogen) atoms. The zero-order chi connectivity index (χ0) is 14.4. The Kier molecular flexibility index (Phi) is 4.85. The SMILES string of the molecule is COc1ccccc1COc1ccc(CO)cc1OC. The zero-order valence-electron chi connectivity index (χ0n) is 11.6. The molecule has 2 aromatic rings. The number of benzene rings is 2. The predicted octanol–water partition coefficient (Wildman–Crippen LogP) is 2.78. The van der Waals surface area contributed by atoms with E-state index < -0.39 is 0 Å². The number of rotatable bonds is 6. The average molecular weight is 274 g/mol. The zero-order valence-corrected chi connectivity index (χ0v) is 11.6. The van der Waals surface area contributed by atoms with Gasteiger partial charge in [-0.3, -0.25) is 0 Å². The van der Waals surface area contributed by atoms with Gasteiger partial charge < -0.3 is 19.3 Å². The van der Waals surface area contributed by atoms with Gasteiger partial charge in [-0.25, -0.2) is 0 Å². The highest BCUT2D eigenvalue weighted by molar-refractivity contribution is 5.43. The first-order valence-electron chi connectivity index (χ1n) is 6.31. The molecule has 0 unspecified atom stereocenters. The highest BCUT2D eigenvalue weighted by Crippen LogP contribution is 2.29. The summed E-state index contributed by atoms with van der Waals surface area (Å²) in [5, 5.41) is 9.11. The van der Waals surface area contributed by atoms with E-state index in [1.807, 2.05) is 24.3 Å². The quantitative estimate of drug-likeness (QED) is 0.880. The molecule has 106 valence electrons. The van der Waals surface area contributed by atoms with Crippen molar-refractivity contribution in [2.45, 2.75) is 13.2 Å². The number of aliphatic hydroxyl groups is 1. The molecule has 0 aromatic heterocycles. The second kappa shape index (κ2) is 6.82. The van der Waals surface area contributed by atoms with Crippen molar-refractivity contribution in [1.82, 2.24) is 0 Å². The lowest BCUT2D eigenvalue weighted by atomic mass is 10.2. The highest BCUT2D eigenvalue weighted by atomic mass is 16.5. The van der Waals surface area contributed by atoms with Crippen molar-refractivity contribution in [3.8, 4) is 17.2 Å². The van der Waals surface area contributed by atoms with Crippen LogP contribution >= 0.6 is 0 Å². The minimum absolute atomic E-state index is 0.0247. The molecule has 4 nitrogen and oxygen atoms in total. The number of ether oxygens (including phenoxy) is 3. The van der Waals surface area contributed by atoms with Gasteiger partial charge in [-0.15, -0.1) is 0 Å². The van der Waals surface area contributed by atoms with Crippen molar-refractivity contribution in [3.05, 3.63) is 53.6 Å². The highest BCUT2D eigenvalue weighted by Gasteiger charge is 2.08. The topological polar surface area (TPSA) is 47.9 Å². The fourth-order valence-corrected chi connectivity index (χ4v) is 1.91. The summed E-state index contributed by atoms with van der Waals surface area (Å²) in [7, 11) is 3.21. The second-order valence-corrected chi connectivity index (χ2v) is 4.24. The minimum Gasteiger partial charge on any atom is -0.496 e. The molecule has 0 bridgehead atoms. The van der Waals surface area contributed by atoms with Crippen molar-refractivity contribution < 1.29 is 19.3 Å². The molecule has 0 fully saturated rings. The third-order valence-corrected chi connectivity index (χ3v) is 2.99. The van der Waals surface area contributed by atoms with Gasteiger partial charge in [0, 0.05) is 5.56 Å². The lowest BCUT2D eigenvalue weighted by molar-refractivity contribution is 0.271. The number of methoxy groups -OCH3 is 2. The Morgan fingerprint density at radius 1 is 0.900 bits per heavy atom. The molecule has 0 aliphatic carbocycles. The van der Waals surface area contributed by atoms with E-state index in [-0.39, 0.29) is 6.61 Å². The van der Waals surface area contributed by atoms with Gasteiger partial charge in [-0.2, -0.15) is 0 Å². The Morgan fingerprint density at radius 2 is 1.65 bits per heavy atom. The van der Waals surface area contributed by atoms with Crippen molar-refractivity contribution in [3.63, 3.8) is 0 Å². The first kappa shape index (κ1) is 14.2. The van der Waals surface area contributed by atoms with E-state index >= 15 is 0 Å². The molecule has 2 rings (SSSR count). The first-order chi connectivity index (χ1) is 9.78. The minimum atomic E-state index is -0.0247. The summed E-state index contributed by atoms with van der Waals surface area (Å²) >= 11 is 0. The number of hydrogen-bond donors (Lipinski definition) is 1. The van der Waals surface area contributed by atoms with Crippen LogP contribution in [0.1, 0.15) is 11.1 Å². The predicted molar refractivity (Wildman–Crippen MR) is 76.2 cm³/mol. The third-order valence-electron chi connectivity index (χ3n) is 2.99. The molecule has 0 atom stereocenters. The molecule has 0 spiro atoms. The van der Waals surface area contributed by atoms with Crippen molar-refractivity contribution >= 4 is 0 Å². The van der Waals surface area contributed by atoms with Gasteiger partial charge in [0.05, 0.1) is 20.8 Å². The summed E-state index contributed by atoms with van der Waals surface area (Å²) in [5.41, 5.74) is 1.75. The summed E-state index contributed by atoms with van der Waals surface area (Å²) in [4.78, 5) is 0. The van der Waals surface area contributed by atoms with E-state index in [9.17, 15) is 0 Å². The van der Waals surface area contributed by atoms with Gasteiger partial charge in [0.1, 0.15) is 12.4 Å². The number of hydrogen-bond acceptors (Lipinski definition) is 4. The van der Waals surface area contributed by atoms with Crippen LogP contribution in [-0.4, -0.2) is 19.3 Å². The largest absolute Gasteiger partial charge is 0.496 e. The molecule has 0 saturated heterocycles. The van der Waals surface area contributed by atoms with E-state index in [4.69, 9.17) is 19.3 Å². The fraction of sp³-hybridized carbons (Fsp3) is 0.250. The van der Waals surface area contributed by atoms with Crippen LogP contribution < -0.4 is 14.2 Å². The molecule has 0 saturated carbocycles. The van der Waals surface area contributed by atoms with Crippen LogP contribution in [0, 0.1) is 0 Å². The van der Waals surface area contributed by atoms with E-state index in [0.29, 0.717) is 18.1 Å². The van der Waals surface area contributed by atoms with Gasteiger partial charge in [0.15, 0.2) is 11.5 Å². The Labute approximate surface area is 118 Å². The molecular weight excluding hydrogens is 256 g/mol. The molecule has 0 aliphatic rings. The maximum atomic E-state index is 9.11. The summed E-state index contributed by atoms with van der Waals surface area (Å²) in [6.45, 7) is 0.363. The summed E-state index contributed by atoms with van der Waals surface area (Å²) < 4.78 is 16.3. The van der Waals surface area contributed by atoms with Gasteiger partial charge in [0.2, 0.25) is 0 Å². The standard InChI is InChI=1S/C16H18O4/c1-18-14-6-4-3-5-13(14)11-20-15-8-7-12(10-17)9-16(15)19-2/h3-9,17H,10-11H2,1-2H3. The van der Waals surface area contributed by atoms with Crippen LogP contribution in [0.25, 0.3) is 0 Å². The van der Waals surface area contributed by atoms with Crippen LogP contribution in [0.4, 0.5) is 0 Å². The van der Waals surface area contributed by atoms with Gasteiger partial charge in [-0.05, 0) is 23.8 Å². The molecule has 4 heteroatoms. The summed E-state index contributed by atoms with van der Waals surface area (Å²) in [5.74, 6) is 2.03. The smallest absolute Gasteiger partial charge is 0.161 e. The normalized spacial score (nSPS) is 10.2. The van der Waals surface area contributed by atoms with Crippen LogP contribution in [0.15, 0.2) is 42.5 Å². The van der Waals surface area contributed by atoms with E-state index in [1.165, 1.54) is 0 Å². The van der Waals surface area contributed by atoms with E-state index in [2.05, 4.69) is 0 Å². The number of aliphatic hydroxyl groups excluding tert-OH is 1. The van der Waals surface area contributed by atoms with Crippen LogP contribution in [0.2, 0.25) is 0 Å². The molecule has 0 aliphatic heterocycles. The Hall–Kier alpha value is -2.20. The van der Waals surface area contributed by atoms with E-state index in [1.54, 1.807) is 32.4 Å². The average Bonchev–Trinajstić information content (AvgIpc) is 2.52. The van der Waals surface area contributed by atoms with Crippen molar-refractivity contribution in [1.29, 1.82) is 0 Å². The monoisotopic (exact) mass is 274 g/mol. The fourth-order valence-electron chi connectivity index (χ4n) is 1.91. The molecular formula is C16H18O4.